The summed E-state index contributed by atoms with van der Waals surface area (Å²) in [6.07, 6.45) is 3.78. The molecule has 1 heterocycles. The van der Waals surface area contributed by atoms with Gasteiger partial charge in [0.15, 0.2) is 0 Å². The maximum atomic E-state index is 12.9. The minimum Gasteiger partial charge on any atom is -0.497 e. The van der Waals surface area contributed by atoms with Crippen LogP contribution in [-0.2, 0) is 13.1 Å². The first-order valence-corrected chi connectivity index (χ1v) is 7.80. The number of nitrogens with zero attached hydrogens (tertiary/aromatic N) is 2. The van der Waals surface area contributed by atoms with Gasteiger partial charge in [0.05, 0.1) is 12.8 Å². The van der Waals surface area contributed by atoms with Crippen molar-refractivity contribution in [3.63, 3.8) is 0 Å². The van der Waals surface area contributed by atoms with Crippen LogP contribution in [0.4, 0.5) is 0 Å². The maximum Gasteiger partial charge on any atom is 0.254 e. The van der Waals surface area contributed by atoms with Gasteiger partial charge in [-0.3, -0.25) is 9.78 Å². The lowest BCUT2D eigenvalue weighted by Crippen LogP contribution is -2.32. The van der Waals surface area contributed by atoms with Crippen LogP contribution in [-0.4, -0.2) is 28.9 Å². The Morgan fingerprint density at radius 3 is 2.58 bits per heavy atom. The molecule has 1 aliphatic rings. The molecule has 1 fully saturated rings. The van der Waals surface area contributed by atoms with E-state index >= 15 is 0 Å². The monoisotopic (exact) mass is 347 g/mol. The van der Waals surface area contributed by atoms with Crippen LogP contribution in [0.5, 0.6) is 5.75 Å². The molecule has 6 heteroatoms. The molecule has 24 heavy (non-hydrogen) atoms. The van der Waals surface area contributed by atoms with Crippen LogP contribution in [0, 0.1) is 0 Å². The van der Waals surface area contributed by atoms with Crippen LogP contribution in [0.25, 0.3) is 0 Å². The number of pyridine rings is 1. The van der Waals surface area contributed by atoms with Crippen LogP contribution < -0.4 is 10.5 Å². The Kier molecular flexibility index (Phi) is 6.17. The molecule has 0 atom stereocenters. The van der Waals surface area contributed by atoms with Gasteiger partial charge in [-0.25, -0.2) is 0 Å². The second-order valence-electron chi connectivity index (χ2n) is 5.75. The lowest BCUT2D eigenvalue weighted by molar-refractivity contribution is 0.0729. The molecule has 1 amide bonds. The number of carbonyl (C=O) groups is 1. The van der Waals surface area contributed by atoms with E-state index in [1.807, 2.05) is 29.2 Å². The Balaban J connectivity index is 0.00000208. The molecule has 0 spiro atoms. The Hall–Kier alpha value is -2.11. The summed E-state index contributed by atoms with van der Waals surface area (Å²) in [6.45, 7) is 0.941. The number of rotatable bonds is 6. The van der Waals surface area contributed by atoms with E-state index in [4.69, 9.17) is 10.5 Å². The van der Waals surface area contributed by atoms with E-state index in [9.17, 15) is 4.79 Å². The highest BCUT2D eigenvalue weighted by atomic mass is 35.5. The predicted molar refractivity (Wildman–Crippen MR) is 95.3 cm³/mol. The Labute approximate surface area is 148 Å². The van der Waals surface area contributed by atoms with Gasteiger partial charge < -0.3 is 15.4 Å². The Morgan fingerprint density at radius 2 is 2.00 bits per heavy atom. The molecule has 0 radical (unpaired) electrons. The van der Waals surface area contributed by atoms with Crippen LogP contribution >= 0.6 is 12.4 Å². The average Bonchev–Trinajstić information content (AvgIpc) is 3.44. The van der Waals surface area contributed by atoms with E-state index < -0.39 is 0 Å². The van der Waals surface area contributed by atoms with Gasteiger partial charge >= 0.3 is 0 Å². The van der Waals surface area contributed by atoms with Gasteiger partial charge in [-0.1, -0.05) is 12.1 Å². The first-order chi connectivity index (χ1) is 11.2. The number of hydrogen-bond donors (Lipinski definition) is 1. The number of methoxy groups -OCH3 is 1. The molecule has 2 aromatic rings. The number of nitrogens with two attached hydrogens (primary N) is 1. The highest BCUT2D eigenvalue weighted by molar-refractivity contribution is 5.94. The molecule has 1 saturated carbocycles. The average molecular weight is 348 g/mol. The van der Waals surface area contributed by atoms with Crippen molar-refractivity contribution in [3.8, 4) is 5.75 Å². The summed E-state index contributed by atoms with van der Waals surface area (Å²) in [7, 11) is 1.65. The van der Waals surface area contributed by atoms with E-state index in [2.05, 4.69) is 4.98 Å². The highest BCUT2D eigenvalue weighted by Gasteiger charge is 2.33. The zero-order valence-electron chi connectivity index (χ0n) is 13.6. The zero-order valence-corrected chi connectivity index (χ0v) is 14.5. The van der Waals surface area contributed by atoms with Crippen molar-refractivity contribution in [2.75, 3.05) is 7.11 Å². The molecule has 1 aromatic heterocycles. The zero-order chi connectivity index (χ0) is 16.2. The molecule has 5 nitrogen and oxygen atoms in total. The summed E-state index contributed by atoms with van der Waals surface area (Å²) < 4.78 is 5.18. The van der Waals surface area contributed by atoms with Gasteiger partial charge in [0, 0.05) is 30.9 Å². The maximum absolute atomic E-state index is 12.9. The number of benzene rings is 1. The molecule has 0 saturated heterocycles. The van der Waals surface area contributed by atoms with E-state index in [1.165, 1.54) is 0 Å². The molecule has 3 rings (SSSR count). The minimum absolute atomic E-state index is 0. The fourth-order valence-electron chi connectivity index (χ4n) is 2.57. The quantitative estimate of drug-likeness (QED) is 0.872. The van der Waals surface area contributed by atoms with Crippen LogP contribution in [0.1, 0.15) is 34.5 Å². The van der Waals surface area contributed by atoms with Crippen molar-refractivity contribution >= 4 is 18.3 Å². The number of carbonyl (C=O) groups excluding carboxylic acids is 1. The second-order valence-corrected chi connectivity index (χ2v) is 5.75. The molecule has 0 aliphatic heterocycles. The summed E-state index contributed by atoms with van der Waals surface area (Å²) >= 11 is 0. The Bertz CT molecular complexity index is 687. The first-order valence-electron chi connectivity index (χ1n) is 7.80. The van der Waals surface area contributed by atoms with Gasteiger partial charge in [-0.2, -0.15) is 0 Å². The van der Waals surface area contributed by atoms with Crippen LogP contribution in [0.15, 0.2) is 42.6 Å². The van der Waals surface area contributed by atoms with Crippen molar-refractivity contribution in [2.45, 2.75) is 32.0 Å². The summed E-state index contributed by atoms with van der Waals surface area (Å²) in [4.78, 5) is 19.0. The highest BCUT2D eigenvalue weighted by Crippen LogP contribution is 2.30. The first kappa shape index (κ1) is 18.2. The van der Waals surface area contributed by atoms with E-state index in [0.29, 0.717) is 24.7 Å². The fraction of sp³-hybridized carbons (Fsp3) is 0.333. The predicted octanol–water partition coefficient (Wildman–Crippen LogP) is 2.78. The number of ether oxygens (including phenoxy) is 1. The normalized spacial score (nSPS) is 13.1. The number of hydrogen-bond acceptors (Lipinski definition) is 4. The molecule has 2 N–H and O–H groups in total. The van der Waals surface area contributed by atoms with Crippen molar-refractivity contribution in [1.29, 1.82) is 0 Å². The lowest BCUT2D eigenvalue weighted by Gasteiger charge is -2.23. The lowest BCUT2D eigenvalue weighted by atomic mass is 10.1. The standard InChI is InChI=1S/C18H21N3O2.ClH/c1-23-17-6-2-13(3-7-17)12-21(16-4-5-16)18(22)14-8-9-20-15(10-14)11-19;/h2-3,6-10,16H,4-5,11-12,19H2,1H3;1H. The van der Waals surface area contributed by atoms with Crippen molar-refractivity contribution < 1.29 is 9.53 Å². The van der Waals surface area contributed by atoms with Gasteiger partial charge in [-0.05, 0) is 42.7 Å². The topological polar surface area (TPSA) is 68.5 Å². The largest absolute Gasteiger partial charge is 0.497 e. The second kappa shape index (κ2) is 8.13. The summed E-state index contributed by atoms with van der Waals surface area (Å²) in [5.74, 6) is 0.861. The smallest absolute Gasteiger partial charge is 0.254 e. The van der Waals surface area contributed by atoms with E-state index in [0.717, 1.165) is 29.8 Å². The summed E-state index contributed by atoms with van der Waals surface area (Å²) in [6, 6.07) is 11.7. The van der Waals surface area contributed by atoms with Gasteiger partial charge in [0.1, 0.15) is 5.75 Å². The van der Waals surface area contributed by atoms with Crippen molar-refractivity contribution in [2.24, 2.45) is 5.73 Å². The van der Waals surface area contributed by atoms with Crippen molar-refractivity contribution in [1.82, 2.24) is 9.88 Å². The molecule has 1 aromatic carbocycles. The van der Waals surface area contributed by atoms with Gasteiger partial charge in [-0.15, -0.1) is 12.4 Å². The van der Waals surface area contributed by atoms with Gasteiger partial charge in [0.2, 0.25) is 0 Å². The number of amides is 1. The summed E-state index contributed by atoms with van der Waals surface area (Å²) in [5.41, 5.74) is 8.10. The van der Waals surface area contributed by atoms with E-state index in [-0.39, 0.29) is 18.3 Å². The SMILES string of the molecule is COc1ccc(CN(C(=O)c2ccnc(CN)c2)C2CC2)cc1.Cl. The molecule has 0 unspecified atom stereocenters. The van der Waals surface area contributed by atoms with Crippen LogP contribution in [0.2, 0.25) is 0 Å². The molecule has 0 bridgehead atoms. The molecular formula is C18H22ClN3O2. The number of aromatic nitrogens is 1. The third-order valence-electron chi connectivity index (χ3n) is 4.03. The minimum atomic E-state index is 0. The molecule has 1 aliphatic carbocycles. The molecular weight excluding hydrogens is 326 g/mol. The van der Waals surface area contributed by atoms with Gasteiger partial charge in [0.25, 0.3) is 5.91 Å². The van der Waals surface area contributed by atoms with E-state index in [1.54, 1.807) is 25.4 Å². The fourth-order valence-corrected chi connectivity index (χ4v) is 2.57. The summed E-state index contributed by atoms with van der Waals surface area (Å²) in [5, 5.41) is 0. The third-order valence-corrected chi connectivity index (χ3v) is 4.03. The Morgan fingerprint density at radius 1 is 1.29 bits per heavy atom. The van der Waals surface area contributed by atoms with Crippen LogP contribution in [0.3, 0.4) is 0 Å². The number of halogens is 1. The third kappa shape index (κ3) is 4.24. The van der Waals surface area contributed by atoms with Crippen molar-refractivity contribution in [3.05, 3.63) is 59.4 Å². The molecule has 128 valence electrons.